The fourth-order valence-electron chi connectivity index (χ4n) is 1.91. The van der Waals surface area contributed by atoms with Crippen molar-refractivity contribution in [1.29, 1.82) is 0 Å². The minimum absolute atomic E-state index is 0.171. The molecule has 0 aliphatic carbocycles. The van der Waals surface area contributed by atoms with Crippen molar-refractivity contribution in [2.75, 3.05) is 11.8 Å². The van der Waals surface area contributed by atoms with E-state index in [2.05, 4.69) is 10.0 Å². The van der Waals surface area contributed by atoms with Gasteiger partial charge in [-0.2, -0.15) is 0 Å². The lowest BCUT2D eigenvalue weighted by atomic mass is 10.2. The first-order valence-electron chi connectivity index (χ1n) is 6.45. The summed E-state index contributed by atoms with van der Waals surface area (Å²) < 4.78 is 40.1. The minimum atomic E-state index is -3.67. The van der Waals surface area contributed by atoms with Crippen LogP contribution in [-0.2, 0) is 16.6 Å². The molecule has 21 heavy (non-hydrogen) atoms. The van der Waals surface area contributed by atoms with Crippen LogP contribution < -0.4 is 10.0 Å². The van der Waals surface area contributed by atoms with Crippen LogP contribution in [0.1, 0.15) is 11.1 Å². The Hall–Kier alpha value is -1.92. The van der Waals surface area contributed by atoms with Crippen LogP contribution in [0, 0.1) is 12.7 Å². The Bertz CT molecular complexity index is 728. The van der Waals surface area contributed by atoms with Crippen molar-refractivity contribution in [3.8, 4) is 0 Å². The first-order valence-corrected chi connectivity index (χ1v) is 7.93. The van der Waals surface area contributed by atoms with Gasteiger partial charge in [-0.3, -0.25) is 4.72 Å². The summed E-state index contributed by atoms with van der Waals surface area (Å²) in [5.74, 6) is -0.366. The summed E-state index contributed by atoms with van der Waals surface area (Å²) in [7, 11) is -1.85. The monoisotopic (exact) mass is 308 g/mol. The van der Waals surface area contributed by atoms with Gasteiger partial charge in [0.25, 0.3) is 10.0 Å². The number of halogens is 1. The first kappa shape index (κ1) is 15.5. The van der Waals surface area contributed by atoms with Crippen LogP contribution in [-0.4, -0.2) is 15.5 Å². The topological polar surface area (TPSA) is 58.2 Å². The van der Waals surface area contributed by atoms with Crippen LogP contribution in [0.2, 0.25) is 0 Å². The largest absolute Gasteiger partial charge is 0.316 e. The van der Waals surface area contributed by atoms with Crippen molar-refractivity contribution >= 4 is 15.7 Å². The molecule has 0 atom stereocenters. The van der Waals surface area contributed by atoms with Crippen LogP contribution in [0.5, 0.6) is 0 Å². The molecule has 4 nitrogen and oxygen atoms in total. The van der Waals surface area contributed by atoms with Gasteiger partial charge in [-0.15, -0.1) is 0 Å². The lowest BCUT2D eigenvalue weighted by Crippen LogP contribution is -2.13. The summed E-state index contributed by atoms with van der Waals surface area (Å²) in [6, 6.07) is 10.7. The van der Waals surface area contributed by atoms with Crippen LogP contribution in [0.25, 0.3) is 0 Å². The maximum Gasteiger partial charge on any atom is 0.261 e. The molecule has 0 fully saturated rings. The molecule has 112 valence electrons. The number of hydrogen-bond acceptors (Lipinski definition) is 3. The standard InChI is InChI=1S/C15H17FN2O2S/c1-11-9-13(5-8-15(11)16)18-21(19,20)14-6-3-12(4-7-14)10-17-2/h3-9,17-18H,10H2,1-2H3. The molecule has 0 amide bonds. The lowest BCUT2D eigenvalue weighted by molar-refractivity contribution is 0.600. The van der Waals surface area contributed by atoms with E-state index in [4.69, 9.17) is 0 Å². The second-order valence-electron chi connectivity index (χ2n) is 4.74. The lowest BCUT2D eigenvalue weighted by Gasteiger charge is -2.09. The molecule has 2 aromatic carbocycles. The summed E-state index contributed by atoms with van der Waals surface area (Å²) in [6.07, 6.45) is 0. The van der Waals surface area contributed by atoms with E-state index in [-0.39, 0.29) is 10.7 Å². The number of nitrogens with one attached hydrogen (secondary N) is 2. The van der Waals surface area contributed by atoms with Gasteiger partial charge in [0.2, 0.25) is 0 Å². The normalized spacial score (nSPS) is 11.4. The van der Waals surface area contributed by atoms with Crippen molar-refractivity contribution < 1.29 is 12.8 Å². The number of benzene rings is 2. The third-order valence-electron chi connectivity index (χ3n) is 3.02. The molecule has 0 saturated carbocycles. The Balaban J connectivity index is 2.23. The van der Waals surface area contributed by atoms with Gasteiger partial charge < -0.3 is 5.32 Å². The second-order valence-corrected chi connectivity index (χ2v) is 6.43. The molecule has 0 aromatic heterocycles. The molecule has 0 spiro atoms. The molecule has 0 aliphatic rings. The molecule has 6 heteroatoms. The summed E-state index contributed by atoms with van der Waals surface area (Å²) in [5, 5.41) is 2.99. The Morgan fingerprint density at radius 2 is 1.76 bits per heavy atom. The highest BCUT2D eigenvalue weighted by Gasteiger charge is 2.14. The minimum Gasteiger partial charge on any atom is -0.316 e. The first-order chi connectivity index (χ1) is 9.92. The highest BCUT2D eigenvalue weighted by Crippen LogP contribution is 2.19. The van der Waals surface area contributed by atoms with Crippen molar-refractivity contribution in [2.45, 2.75) is 18.4 Å². The number of aryl methyl sites for hydroxylation is 1. The number of sulfonamides is 1. The molecule has 0 aliphatic heterocycles. The van der Waals surface area contributed by atoms with Gasteiger partial charge in [0.1, 0.15) is 5.82 Å². The molecule has 2 rings (SSSR count). The molecule has 2 aromatic rings. The molecular weight excluding hydrogens is 291 g/mol. The fraction of sp³-hybridized carbons (Fsp3) is 0.200. The Labute approximate surface area is 124 Å². The summed E-state index contributed by atoms with van der Waals surface area (Å²) in [6.45, 7) is 2.25. The zero-order chi connectivity index (χ0) is 15.5. The van der Waals surface area contributed by atoms with Crippen molar-refractivity contribution in [3.63, 3.8) is 0 Å². The van der Waals surface area contributed by atoms with Crippen molar-refractivity contribution in [1.82, 2.24) is 5.32 Å². The predicted octanol–water partition coefficient (Wildman–Crippen LogP) is 2.65. The average molecular weight is 308 g/mol. The molecular formula is C15H17FN2O2S. The van der Waals surface area contributed by atoms with Crippen LogP contribution in [0.3, 0.4) is 0 Å². The van der Waals surface area contributed by atoms with Gasteiger partial charge in [-0.25, -0.2) is 12.8 Å². The van der Waals surface area contributed by atoms with Gasteiger partial charge >= 0.3 is 0 Å². The van der Waals surface area contributed by atoms with E-state index in [0.717, 1.165) is 5.56 Å². The molecule has 0 unspecified atom stereocenters. The fourth-order valence-corrected chi connectivity index (χ4v) is 2.96. The molecule has 0 saturated heterocycles. The highest BCUT2D eigenvalue weighted by atomic mass is 32.2. The molecule has 2 N–H and O–H groups in total. The van der Waals surface area contributed by atoms with Gasteiger partial charge in [-0.05, 0) is 55.4 Å². The highest BCUT2D eigenvalue weighted by molar-refractivity contribution is 7.92. The van der Waals surface area contributed by atoms with Gasteiger partial charge in [0.05, 0.1) is 4.90 Å². The van der Waals surface area contributed by atoms with E-state index in [1.807, 2.05) is 7.05 Å². The van der Waals surface area contributed by atoms with E-state index in [1.165, 1.54) is 18.2 Å². The third kappa shape index (κ3) is 3.80. The SMILES string of the molecule is CNCc1ccc(S(=O)(=O)Nc2ccc(F)c(C)c2)cc1. The summed E-state index contributed by atoms with van der Waals surface area (Å²) in [4.78, 5) is 0.171. The third-order valence-corrected chi connectivity index (χ3v) is 4.42. The maximum atomic E-state index is 13.2. The van der Waals surface area contributed by atoms with Crippen LogP contribution in [0.4, 0.5) is 10.1 Å². The Morgan fingerprint density at radius 1 is 1.10 bits per heavy atom. The van der Waals surface area contributed by atoms with Crippen molar-refractivity contribution in [3.05, 3.63) is 59.4 Å². The molecule has 0 heterocycles. The van der Waals surface area contributed by atoms with Gasteiger partial charge in [0.15, 0.2) is 0 Å². The van der Waals surface area contributed by atoms with Gasteiger partial charge in [-0.1, -0.05) is 12.1 Å². The summed E-state index contributed by atoms with van der Waals surface area (Å²) in [5.41, 5.74) is 1.72. The van der Waals surface area contributed by atoms with E-state index in [1.54, 1.807) is 31.2 Å². The number of hydrogen-bond donors (Lipinski definition) is 2. The second kappa shape index (κ2) is 6.24. The quantitative estimate of drug-likeness (QED) is 0.893. The van der Waals surface area contributed by atoms with Crippen LogP contribution >= 0.6 is 0 Å². The van der Waals surface area contributed by atoms with E-state index < -0.39 is 10.0 Å². The number of rotatable bonds is 5. The summed E-state index contributed by atoms with van der Waals surface area (Å²) >= 11 is 0. The van der Waals surface area contributed by atoms with Crippen molar-refractivity contribution in [2.24, 2.45) is 0 Å². The van der Waals surface area contributed by atoms with Crippen LogP contribution in [0.15, 0.2) is 47.4 Å². The zero-order valence-corrected chi connectivity index (χ0v) is 12.7. The number of anilines is 1. The van der Waals surface area contributed by atoms with E-state index in [9.17, 15) is 12.8 Å². The molecule has 0 radical (unpaired) electrons. The Kier molecular flexibility index (Phi) is 4.59. The molecule has 0 bridgehead atoms. The smallest absolute Gasteiger partial charge is 0.261 e. The Morgan fingerprint density at radius 3 is 2.33 bits per heavy atom. The zero-order valence-electron chi connectivity index (χ0n) is 11.9. The van der Waals surface area contributed by atoms with Gasteiger partial charge in [0, 0.05) is 12.2 Å². The maximum absolute atomic E-state index is 13.2. The van der Waals surface area contributed by atoms with E-state index >= 15 is 0 Å². The van der Waals surface area contributed by atoms with E-state index in [0.29, 0.717) is 17.8 Å². The average Bonchev–Trinajstić information content (AvgIpc) is 2.44. The predicted molar refractivity (Wildman–Crippen MR) is 81.2 cm³/mol.